The van der Waals surface area contributed by atoms with E-state index in [4.69, 9.17) is 4.74 Å². The van der Waals surface area contributed by atoms with Crippen LogP contribution in [-0.4, -0.2) is 23.1 Å². The van der Waals surface area contributed by atoms with Crippen molar-refractivity contribution in [3.8, 4) is 5.88 Å². The standard InChI is InChI=1S/C17H27N3O/c1-13(2)8-18-9-16-10-19-11-17(20-16)21-12-15-7-5-4-6-14(15)3/h4-5,10-11,13-15,18H,6-9,12H2,1-3H3. The van der Waals surface area contributed by atoms with Crippen molar-refractivity contribution in [1.29, 1.82) is 0 Å². The summed E-state index contributed by atoms with van der Waals surface area (Å²) in [4.78, 5) is 8.74. The van der Waals surface area contributed by atoms with Crippen LogP contribution >= 0.6 is 0 Å². The lowest BCUT2D eigenvalue weighted by Crippen LogP contribution is -2.22. The monoisotopic (exact) mass is 289 g/mol. The first-order valence-electron chi connectivity index (χ1n) is 7.94. The van der Waals surface area contributed by atoms with E-state index in [1.54, 1.807) is 12.4 Å². The molecule has 4 nitrogen and oxygen atoms in total. The van der Waals surface area contributed by atoms with Gasteiger partial charge in [-0.1, -0.05) is 32.9 Å². The first-order chi connectivity index (χ1) is 10.1. The maximum atomic E-state index is 5.85. The third kappa shape index (κ3) is 5.46. The Morgan fingerprint density at radius 2 is 2.10 bits per heavy atom. The third-order valence-electron chi connectivity index (χ3n) is 3.88. The largest absolute Gasteiger partial charge is 0.476 e. The zero-order valence-corrected chi connectivity index (χ0v) is 13.4. The second kappa shape index (κ2) is 8.13. The van der Waals surface area contributed by atoms with Gasteiger partial charge in [0.25, 0.3) is 0 Å². The first kappa shape index (κ1) is 16.0. The number of nitrogens with zero attached hydrogens (tertiary/aromatic N) is 2. The topological polar surface area (TPSA) is 47.0 Å². The Balaban J connectivity index is 1.81. The molecule has 0 bridgehead atoms. The molecule has 0 aliphatic heterocycles. The molecule has 1 N–H and O–H groups in total. The van der Waals surface area contributed by atoms with Gasteiger partial charge >= 0.3 is 0 Å². The summed E-state index contributed by atoms with van der Waals surface area (Å²) >= 11 is 0. The molecule has 0 fully saturated rings. The lowest BCUT2D eigenvalue weighted by atomic mass is 9.85. The Morgan fingerprint density at radius 1 is 1.29 bits per heavy atom. The molecule has 1 aliphatic rings. The summed E-state index contributed by atoms with van der Waals surface area (Å²) < 4.78 is 5.85. The Hall–Kier alpha value is -1.42. The molecule has 1 aromatic rings. The maximum Gasteiger partial charge on any atom is 0.232 e. The minimum absolute atomic E-state index is 0.583. The normalized spacial score (nSPS) is 21.7. The fourth-order valence-electron chi connectivity index (χ4n) is 2.46. The Bertz CT molecular complexity index is 459. The van der Waals surface area contributed by atoms with Crippen LogP contribution in [0.25, 0.3) is 0 Å². The van der Waals surface area contributed by atoms with E-state index in [2.05, 4.69) is 48.2 Å². The second-order valence-corrected chi connectivity index (χ2v) is 6.36. The van der Waals surface area contributed by atoms with Gasteiger partial charge in [-0.2, -0.15) is 0 Å². The maximum absolute atomic E-state index is 5.85. The third-order valence-corrected chi connectivity index (χ3v) is 3.88. The lowest BCUT2D eigenvalue weighted by Gasteiger charge is -2.24. The molecule has 0 amide bonds. The van der Waals surface area contributed by atoms with Gasteiger partial charge in [-0.15, -0.1) is 0 Å². The fourth-order valence-corrected chi connectivity index (χ4v) is 2.46. The molecule has 0 aromatic carbocycles. The number of hydrogen-bond donors (Lipinski definition) is 1. The summed E-state index contributed by atoms with van der Waals surface area (Å²) in [6.07, 6.45) is 10.3. The molecule has 116 valence electrons. The molecule has 1 aromatic heterocycles. The molecule has 0 spiro atoms. The van der Waals surface area contributed by atoms with Crippen LogP contribution in [0.1, 0.15) is 39.3 Å². The van der Waals surface area contributed by atoms with E-state index in [1.807, 2.05) is 0 Å². The molecule has 1 aliphatic carbocycles. The highest BCUT2D eigenvalue weighted by atomic mass is 16.5. The SMILES string of the molecule is CC(C)CNCc1cncc(OCC2CC=CCC2C)n1. The van der Waals surface area contributed by atoms with Gasteiger partial charge in [-0.3, -0.25) is 4.98 Å². The number of nitrogens with one attached hydrogen (secondary N) is 1. The van der Waals surface area contributed by atoms with Crippen molar-refractivity contribution in [1.82, 2.24) is 15.3 Å². The zero-order chi connectivity index (χ0) is 15.1. The molecular formula is C17H27N3O. The molecule has 0 saturated carbocycles. The van der Waals surface area contributed by atoms with Crippen molar-refractivity contribution in [2.24, 2.45) is 17.8 Å². The number of aromatic nitrogens is 2. The van der Waals surface area contributed by atoms with E-state index >= 15 is 0 Å². The van der Waals surface area contributed by atoms with Gasteiger partial charge in [-0.05, 0) is 37.1 Å². The quantitative estimate of drug-likeness (QED) is 0.783. The van der Waals surface area contributed by atoms with E-state index in [0.29, 0.717) is 23.6 Å². The van der Waals surface area contributed by atoms with E-state index in [1.165, 1.54) is 0 Å². The molecule has 2 unspecified atom stereocenters. The van der Waals surface area contributed by atoms with Gasteiger partial charge < -0.3 is 10.1 Å². The van der Waals surface area contributed by atoms with Crippen molar-refractivity contribution in [2.75, 3.05) is 13.2 Å². The average Bonchev–Trinajstić information content (AvgIpc) is 2.46. The molecule has 4 heteroatoms. The van der Waals surface area contributed by atoms with Crippen LogP contribution in [0, 0.1) is 17.8 Å². The summed E-state index contributed by atoms with van der Waals surface area (Å²) in [5.74, 6) is 2.54. The number of rotatable bonds is 7. The van der Waals surface area contributed by atoms with Crippen LogP contribution in [0.2, 0.25) is 0 Å². The molecule has 2 atom stereocenters. The predicted molar refractivity (Wildman–Crippen MR) is 85.1 cm³/mol. The molecule has 2 rings (SSSR count). The summed E-state index contributed by atoms with van der Waals surface area (Å²) in [7, 11) is 0. The van der Waals surface area contributed by atoms with E-state index in [0.717, 1.165) is 38.2 Å². The Morgan fingerprint density at radius 3 is 2.86 bits per heavy atom. The van der Waals surface area contributed by atoms with Crippen molar-refractivity contribution >= 4 is 0 Å². The van der Waals surface area contributed by atoms with Gasteiger partial charge in [0.05, 0.1) is 18.5 Å². The van der Waals surface area contributed by atoms with Gasteiger partial charge in [0.1, 0.15) is 0 Å². The van der Waals surface area contributed by atoms with Crippen LogP contribution in [0.5, 0.6) is 5.88 Å². The molecule has 21 heavy (non-hydrogen) atoms. The van der Waals surface area contributed by atoms with Crippen molar-refractivity contribution in [3.63, 3.8) is 0 Å². The number of ether oxygens (including phenoxy) is 1. The lowest BCUT2D eigenvalue weighted by molar-refractivity contribution is 0.191. The average molecular weight is 289 g/mol. The predicted octanol–water partition coefficient (Wildman–Crippen LogP) is 3.20. The number of hydrogen-bond acceptors (Lipinski definition) is 4. The highest BCUT2D eigenvalue weighted by molar-refractivity contribution is 5.08. The Kier molecular flexibility index (Phi) is 6.18. The van der Waals surface area contributed by atoms with Gasteiger partial charge in [0, 0.05) is 12.7 Å². The summed E-state index contributed by atoms with van der Waals surface area (Å²) in [5, 5.41) is 3.37. The minimum atomic E-state index is 0.583. The van der Waals surface area contributed by atoms with Gasteiger partial charge in [0.15, 0.2) is 0 Å². The first-order valence-corrected chi connectivity index (χ1v) is 7.94. The molecule has 1 heterocycles. The van der Waals surface area contributed by atoms with Crippen molar-refractivity contribution in [2.45, 2.75) is 40.2 Å². The molecule has 0 radical (unpaired) electrons. The highest BCUT2D eigenvalue weighted by Gasteiger charge is 2.19. The molecule has 0 saturated heterocycles. The zero-order valence-electron chi connectivity index (χ0n) is 13.4. The van der Waals surface area contributed by atoms with Gasteiger partial charge in [0.2, 0.25) is 5.88 Å². The minimum Gasteiger partial charge on any atom is -0.476 e. The van der Waals surface area contributed by atoms with E-state index in [-0.39, 0.29) is 0 Å². The summed E-state index contributed by atoms with van der Waals surface area (Å²) in [6.45, 7) is 9.12. The van der Waals surface area contributed by atoms with Crippen LogP contribution in [0.3, 0.4) is 0 Å². The van der Waals surface area contributed by atoms with E-state index in [9.17, 15) is 0 Å². The molecular weight excluding hydrogens is 262 g/mol. The fraction of sp³-hybridized carbons (Fsp3) is 0.647. The Labute approximate surface area is 128 Å². The van der Waals surface area contributed by atoms with Crippen molar-refractivity contribution in [3.05, 3.63) is 30.2 Å². The van der Waals surface area contributed by atoms with Crippen LogP contribution in [0.15, 0.2) is 24.5 Å². The summed E-state index contributed by atoms with van der Waals surface area (Å²) in [6, 6.07) is 0. The second-order valence-electron chi connectivity index (χ2n) is 6.36. The smallest absolute Gasteiger partial charge is 0.232 e. The van der Waals surface area contributed by atoms with Crippen LogP contribution in [0.4, 0.5) is 0 Å². The van der Waals surface area contributed by atoms with Crippen LogP contribution < -0.4 is 10.1 Å². The van der Waals surface area contributed by atoms with E-state index < -0.39 is 0 Å². The van der Waals surface area contributed by atoms with Crippen molar-refractivity contribution < 1.29 is 4.74 Å². The van der Waals surface area contributed by atoms with Crippen LogP contribution in [-0.2, 0) is 6.54 Å². The van der Waals surface area contributed by atoms with Gasteiger partial charge in [-0.25, -0.2) is 4.98 Å². The highest BCUT2D eigenvalue weighted by Crippen LogP contribution is 2.25. The summed E-state index contributed by atoms with van der Waals surface area (Å²) in [5.41, 5.74) is 0.935. The number of allylic oxidation sites excluding steroid dienone is 2.